The van der Waals surface area contributed by atoms with Crippen LogP contribution in [0.5, 0.6) is 0 Å². The number of rotatable bonds is 5. The molecule has 0 atom stereocenters. The molecule has 0 heterocycles. The van der Waals surface area contributed by atoms with Crippen LogP contribution < -0.4 is 0 Å². The highest BCUT2D eigenvalue weighted by Crippen LogP contribution is 2.06. The summed E-state index contributed by atoms with van der Waals surface area (Å²) in [5.41, 5.74) is 0. The average molecular weight is 162 g/mol. The highest BCUT2D eigenvalue weighted by molar-refractivity contribution is 6.28. The molecule has 0 aromatic rings. The SMILES string of the molecule is C=C(Cl)N(CC)CCCC. The van der Waals surface area contributed by atoms with Crippen molar-refractivity contribution in [3.05, 3.63) is 11.7 Å². The van der Waals surface area contributed by atoms with Crippen LogP contribution in [-0.4, -0.2) is 18.0 Å². The van der Waals surface area contributed by atoms with Crippen molar-refractivity contribution in [3.63, 3.8) is 0 Å². The van der Waals surface area contributed by atoms with Crippen molar-refractivity contribution in [1.29, 1.82) is 0 Å². The summed E-state index contributed by atoms with van der Waals surface area (Å²) in [6.45, 7) is 9.93. The van der Waals surface area contributed by atoms with Crippen LogP contribution in [0.15, 0.2) is 11.7 Å². The summed E-state index contributed by atoms with van der Waals surface area (Å²) in [6.07, 6.45) is 2.40. The summed E-state index contributed by atoms with van der Waals surface area (Å²) >= 11 is 5.71. The first-order chi connectivity index (χ1) is 4.72. The molecule has 0 radical (unpaired) electrons. The lowest BCUT2D eigenvalue weighted by atomic mass is 10.3. The first-order valence-corrected chi connectivity index (χ1v) is 4.19. The van der Waals surface area contributed by atoms with Crippen molar-refractivity contribution < 1.29 is 0 Å². The van der Waals surface area contributed by atoms with Crippen molar-refractivity contribution in [1.82, 2.24) is 4.90 Å². The molecule has 0 saturated heterocycles. The van der Waals surface area contributed by atoms with Gasteiger partial charge in [-0.1, -0.05) is 31.5 Å². The van der Waals surface area contributed by atoms with Gasteiger partial charge in [-0.25, -0.2) is 0 Å². The van der Waals surface area contributed by atoms with Gasteiger partial charge < -0.3 is 4.90 Å². The van der Waals surface area contributed by atoms with E-state index in [1.54, 1.807) is 0 Å². The predicted octanol–water partition coefficient (Wildman–Crippen LogP) is 2.82. The monoisotopic (exact) mass is 161 g/mol. The molecular formula is C8H16ClN. The topological polar surface area (TPSA) is 3.24 Å². The molecular weight excluding hydrogens is 146 g/mol. The van der Waals surface area contributed by atoms with Gasteiger partial charge in [0.1, 0.15) is 0 Å². The fourth-order valence-corrected chi connectivity index (χ4v) is 1.00. The Bertz CT molecular complexity index is 101. The molecule has 0 fully saturated rings. The predicted molar refractivity (Wildman–Crippen MR) is 47.1 cm³/mol. The lowest BCUT2D eigenvalue weighted by Crippen LogP contribution is -2.20. The molecule has 60 valence electrons. The van der Waals surface area contributed by atoms with E-state index in [0.717, 1.165) is 13.1 Å². The Morgan fingerprint density at radius 2 is 2.10 bits per heavy atom. The Morgan fingerprint density at radius 1 is 1.50 bits per heavy atom. The Kier molecular flexibility index (Phi) is 5.51. The van der Waals surface area contributed by atoms with E-state index >= 15 is 0 Å². The second kappa shape index (κ2) is 5.60. The minimum Gasteiger partial charge on any atom is -0.363 e. The van der Waals surface area contributed by atoms with Gasteiger partial charge in [-0.2, -0.15) is 0 Å². The summed E-state index contributed by atoms with van der Waals surface area (Å²) in [5.74, 6) is 0. The van der Waals surface area contributed by atoms with Gasteiger partial charge in [0.2, 0.25) is 0 Å². The van der Waals surface area contributed by atoms with Crippen molar-refractivity contribution in [2.24, 2.45) is 0 Å². The summed E-state index contributed by atoms with van der Waals surface area (Å²) < 4.78 is 0. The summed E-state index contributed by atoms with van der Waals surface area (Å²) in [4.78, 5) is 2.07. The number of nitrogens with zero attached hydrogens (tertiary/aromatic N) is 1. The minimum absolute atomic E-state index is 0.663. The van der Waals surface area contributed by atoms with E-state index in [0.29, 0.717) is 5.16 Å². The second-order valence-corrected chi connectivity index (χ2v) is 2.75. The Balaban J connectivity index is 3.50. The van der Waals surface area contributed by atoms with Crippen LogP contribution in [0, 0.1) is 0 Å². The van der Waals surface area contributed by atoms with Crippen molar-refractivity contribution in [3.8, 4) is 0 Å². The molecule has 0 saturated carbocycles. The standard InChI is InChI=1S/C8H16ClN/c1-4-6-7-10(5-2)8(3)9/h3-7H2,1-2H3. The van der Waals surface area contributed by atoms with E-state index < -0.39 is 0 Å². The van der Waals surface area contributed by atoms with Crippen molar-refractivity contribution in [2.75, 3.05) is 13.1 Å². The number of hydrogen-bond donors (Lipinski definition) is 0. The normalized spacial score (nSPS) is 9.50. The number of hydrogen-bond acceptors (Lipinski definition) is 1. The number of unbranched alkanes of at least 4 members (excludes halogenated alkanes) is 1. The third-order valence-corrected chi connectivity index (χ3v) is 1.75. The smallest absolute Gasteiger partial charge is 0.0970 e. The molecule has 0 spiro atoms. The summed E-state index contributed by atoms with van der Waals surface area (Å²) in [7, 11) is 0. The van der Waals surface area contributed by atoms with Crippen LogP contribution >= 0.6 is 11.6 Å². The lowest BCUT2D eigenvalue weighted by molar-refractivity contribution is 0.377. The molecule has 0 bridgehead atoms. The quantitative estimate of drug-likeness (QED) is 0.561. The fourth-order valence-electron chi connectivity index (χ4n) is 0.800. The molecule has 0 amide bonds. The maximum Gasteiger partial charge on any atom is 0.0970 e. The molecule has 2 heteroatoms. The largest absolute Gasteiger partial charge is 0.363 e. The van der Waals surface area contributed by atoms with Gasteiger partial charge in [0, 0.05) is 13.1 Å². The zero-order valence-corrected chi connectivity index (χ0v) is 7.62. The molecule has 1 nitrogen and oxygen atoms in total. The summed E-state index contributed by atoms with van der Waals surface area (Å²) in [6, 6.07) is 0. The van der Waals surface area contributed by atoms with Gasteiger partial charge in [-0.15, -0.1) is 0 Å². The van der Waals surface area contributed by atoms with E-state index in [1.807, 2.05) is 0 Å². The van der Waals surface area contributed by atoms with Crippen LogP contribution in [0.25, 0.3) is 0 Å². The minimum atomic E-state index is 0.663. The van der Waals surface area contributed by atoms with Gasteiger partial charge >= 0.3 is 0 Å². The van der Waals surface area contributed by atoms with Crippen LogP contribution in [0.1, 0.15) is 26.7 Å². The Morgan fingerprint density at radius 3 is 2.40 bits per heavy atom. The van der Waals surface area contributed by atoms with Gasteiger partial charge in [-0.3, -0.25) is 0 Å². The Hall–Kier alpha value is -0.170. The first-order valence-electron chi connectivity index (χ1n) is 3.81. The maximum absolute atomic E-state index is 5.71. The molecule has 0 aromatic heterocycles. The third-order valence-electron chi connectivity index (χ3n) is 1.51. The third kappa shape index (κ3) is 3.78. The van der Waals surface area contributed by atoms with Crippen molar-refractivity contribution in [2.45, 2.75) is 26.7 Å². The molecule has 0 rings (SSSR count). The zero-order valence-electron chi connectivity index (χ0n) is 6.86. The highest BCUT2D eigenvalue weighted by atomic mass is 35.5. The zero-order chi connectivity index (χ0) is 7.98. The number of halogens is 1. The molecule has 0 aliphatic carbocycles. The average Bonchev–Trinajstić information content (AvgIpc) is 1.89. The van der Waals surface area contributed by atoms with Crippen LogP contribution in [0.2, 0.25) is 0 Å². The highest BCUT2D eigenvalue weighted by Gasteiger charge is 1.99. The summed E-state index contributed by atoms with van der Waals surface area (Å²) in [5, 5.41) is 0.663. The second-order valence-electron chi connectivity index (χ2n) is 2.31. The van der Waals surface area contributed by atoms with Gasteiger partial charge in [-0.05, 0) is 13.3 Å². The maximum atomic E-state index is 5.71. The molecule has 0 N–H and O–H groups in total. The fraction of sp³-hybridized carbons (Fsp3) is 0.750. The van der Waals surface area contributed by atoms with E-state index in [2.05, 4.69) is 25.3 Å². The van der Waals surface area contributed by atoms with Gasteiger partial charge in [0.25, 0.3) is 0 Å². The molecule has 0 aromatic carbocycles. The van der Waals surface area contributed by atoms with Crippen LogP contribution in [0.4, 0.5) is 0 Å². The van der Waals surface area contributed by atoms with Crippen LogP contribution in [-0.2, 0) is 0 Å². The first kappa shape index (κ1) is 9.83. The van der Waals surface area contributed by atoms with E-state index in [1.165, 1.54) is 12.8 Å². The van der Waals surface area contributed by atoms with Crippen molar-refractivity contribution >= 4 is 11.6 Å². The molecule has 0 unspecified atom stereocenters. The molecule has 0 aliphatic heterocycles. The van der Waals surface area contributed by atoms with Gasteiger partial charge in [0.15, 0.2) is 0 Å². The van der Waals surface area contributed by atoms with E-state index in [4.69, 9.17) is 11.6 Å². The van der Waals surface area contributed by atoms with E-state index in [-0.39, 0.29) is 0 Å². The van der Waals surface area contributed by atoms with E-state index in [9.17, 15) is 0 Å². The molecule has 10 heavy (non-hydrogen) atoms. The van der Waals surface area contributed by atoms with Gasteiger partial charge in [0.05, 0.1) is 5.16 Å². The Labute approximate surface area is 68.7 Å². The molecule has 0 aliphatic rings. The lowest BCUT2D eigenvalue weighted by Gasteiger charge is -2.20. The van der Waals surface area contributed by atoms with Crippen LogP contribution in [0.3, 0.4) is 0 Å².